The second kappa shape index (κ2) is 13.5. The minimum absolute atomic E-state index is 0.000518. The van der Waals surface area contributed by atoms with Crippen molar-refractivity contribution in [3.05, 3.63) is 6.07 Å². The van der Waals surface area contributed by atoms with Gasteiger partial charge in [-0.15, -0.1) is 0 Å². The summed E-state index contributed by atoms with van der Waals surface area (Å²) >= 11 is 0. The lowest BCUT2D eigenvalue weighted by molar-refractivity contribution is -0.224. The molecule has 7 fully saturated rings. The van der Waals surface area contributed by atoms with Crippen LogP contribution in [-0.4, -0.2) is 100 Å². The van der Waals surface area contributed by atoms with Crippen molar-refractivity contribution < 1.29 is 28.8 Å². The maximum atomic E-state index is 14.4. The molecule has 0 aromatic carbocycles. The standard InChI is InChI=1S/C38H61N6O6P/c1-26-22-30-28-9-8-27-24-38(46,50-51(47,48)49)13-12-36(27,2)29(28)10-11-37(30,3)34(26)31(45)25-41-18-20-43(21-19-41)33-23-32(42-14-4-5-15-42)39-35(40-33)44-16-6-7-17-44/h23,26-30,34,46H,4-22,24-25H2,1-3H3,(H2,47,48,49)/t26-,27+,28-,29+,30+,34-,36+,37+,38-/m1/s1. The molecule has 7 aliphatic rings. The smallest absolute Gasteiger partial charge is 0.365 e. The number of piperazine rings is 1. The molecule has 3 aliphatic heterocycles. The first kappa shape index (κ1) is 36.2. The van der Waals surface area contributed by atoms with Crippen LogP contribution in [0, 0.1) is 46.3 Å². The van der Waals surface area contributed by atoms with Gasteiger partial charge in [-0.2, -0.15) is 9.97 Å². The number of carbonyl (C=O) groups is 1. The normalized spacial score (nSPS) is 40.3. The first-order valence-corrected chi connectivity index (χ1v) is 21.7. The monoisotopic (exact) mass is 728 g/mol. The largest absolute Gasteiger partial charge is 0.472 e. The molecular formula is C38H61N6O6P. The van der Waals surface area contributed by atoms with Crippen LogP contribution in [0.2, 0.25) is 0 Å². The number of Topliss-reactive ketones (excluding diaryl/α,β-unsaturated/α-hetero) is 1. The van der Waals surface area contributed by atoms with Gasteiger partial charge in [0.15, 0.2) is 11.6 Å². The Morgan fingerprint density at radius 2 is 1.47 bits per heavy atom. The molecule has 9 atom stereocenters. The number of anilines is 3. The van der Waals surface area contributed by atoms with E-state index in [4.69, 9.17) is 14.5 Å². The molecule has 3 N–H and O–H groups in total. The third-order valence-electron chi connectivity index (χ3n) is 15.2. The maximum Gasteiger partial charge on any atom is 0.472 e. The first-order valence-electron chi connectivity index (χ1n) is 20.1. The average molecular weight is 729 g/mol. The van der Waals surface area contributed by atoms with Gasteiger partial charge in [0.05, 0.1) is 6.54 Å². The zero-order valence-corrected chi connectivity index (χ0v) is 32.0. The number of aliphatic hydroxyl groups is 1. The summed E-state index contributed by atoms with van der Waals surface area (Å²) in [7, 11) is -4.78. The number of aromatic nitrogens is 2. The van der Waals surface area contributed by atoms with E-state index in [-0.39, 0.29) is 35.5 Å². The Bertz CT molecular complexity index is 1470. The minimum atomic E-state index is -4.78. The lowest BCUT2D eigenvalue weighted by atomic mass is 9.44. The van der Waals surface area contributed by atoms with Crippen molar-refractivity contribution in [2.45, 2.75) is 104 Å². The number of nitrogens with zero attached hydrogens (tertiary/aromatic N) is 6. The molecule has 4 heterocycles. The van der Waals surface area contributed by atoms with Crippen molar-refractivity contribution in [2.75, 3.05) is 73.6 Å². The highest BCUT2D eigenvalue weighted by atomic mass is 31.2. The second-order valence-corrected chi connectivity index (χ2v) is 19.3. The van der Waals surface area contributed by atoms with Crippen LogP contribution in [0.15, 0.2) is 6.07 Å². The van der Waals surface area contributed by atoms with Crippen molar-refractivity contribution in [3.8, 4) is 0 Å². The molecule has 0 radical (unpaired) electrons. The van der Waals surface area contributed by atoms with Gasteiger partial charge in [0.2, 0.25) is 5.95 Å². The Labute approximate surface area is 303 Å². The van der Waals surface area contributed by atoms with Crippen LogP contribution in [-0.2, 0) is 13.9 Å². The molecular weight excluding hydrogens is 667 g/mol. The summed E-state index contributed by atoms with van der Waals surface area (Å²) in [6.07, 6.45) is 11.3. The molecule has 0 bridgehead atoms. The highest BCUT2D eigenvalue weighted by Gasteiger charge is 2.64. The van der Waals surface area contributed by atoms with Crippen LogP contribution in [0.25, 0.3) is 0 Å². The van der Waals surface area contributed by atoms with Crippen LogP contribution < -0.4 is 14.7 Å². The van der Waals surface area contributed by atoms with E-state index >= 15 is 0 Å². The minimum Gasteiger partial charge on any atom is -0.365 e. The van der Waals surface area contributed by atoms with Gasteiger partial charge in [0.25, 0.3) is 0 Å². The predicted octanol–water partition coefficient (Wildman–Crippen LogP) is 5.07. The lowest BCUT2D eigenvalue weighted by Gasteiger charge is -2.61. The summed E-state index contributed by atoms with van der Waals surface area (Å²) in [6.45, 7) is 15.2. The van der Waals surface area contributed by atoms with Crippen molar-refractivity contribution in [1.82, 2.24) is 14.9 Å². The summed E-state index contributed by atoms with van der Waals surface area (Å²) in [4.78, 5) is 52.9. The number of fused-ring (bicyclic) bond motifs is 5. The first-order chi connectivity index (χ1) is 24.2. The average Bonchev–Trinajstić information content (AvgIpc) is 3.86. The number of ketones is 1. The Hall–Kier alpha value is -1.82. The molecule has 51 heavy (non-hydrogen) atoms. The molecule has 0 amide bonds. The van der Waals surface area contributed by atoms with E-state index in [2.05, 4.69) is 46.4 Å². The highest BCUT2D eigenvalue weighted by Crippen LogP contribution is 2.69. The molecule has 284 valence electrons. The second-order valence-electron chi connectivity index (χ2n) is 18.1. The zero-order valence-electron chi connectivity index (χ0n) is 31.1. The summed E-state index contributed by atoms with van der Waals surface area (Å²) in [5.41, 5.74) is 0.00836. The Balaban J connectivity index is 0.908. The summed E-state index contributed by atoms with van der Waals surface area (Å²) in [5, 5.41) is 11.0. The van der Waals surface area contributed by atoms with Crippen LogP contribution in [0.5, 0.6) is 0 Å². The van der Waals surface area contributed by atoms with Crippen LogP contribution in [0.4, 0.5) is 17.6 Å². The SMILES string of the molecule is C[C@@H]1C[C@H]2[C@@H]3CC[C@H]4C[C@](O)(OP(=O)(O)O)CC[C@]4(C)[C@H]3CC[C@]2(C)[C@H]1C(=O)CN1CCN(c2cc(N3CCCC3)nc(N3CCCC3)n2)CC1. The van der Waals surface area contributed by atoms with Crippen LogP contribution in [0.1, 0.15) is 97.8 Å². The van der Waals surface area contributed by atoms with Gasteiger partial charge in [-0.05, 0) is 105 Å². The van der Waals surface area contributed by atoms with Gasteiger partial charge in [-0.3, -0.25) is 14.2 Å². The van der Waals surface area contributed by atoms with Crippen molar-refractivity contribution in [2.24, 2.45) is 46.3 Å². The quantitative estimate of drug-likeness (QED) is 0.243. The number of hydrogen-bond acceptors (Lipinski definition) is 10. The van der Waals surface area contributed by atoms with E-state index in [0.29, 0.717) is 42.4 Å². The Morgan fingerprint density at radius 3 is 2.12 bits per heavy atom. The van der Waals surface area contributed by atoms with Crippen molar-refractivity contribution in [3.63, 3.8) is 0 Å². The summed E-state index contributed by atoms with van der Waals surface area (Å²) in [5.74, 6) is 3.79. The fourth-order valence-corrected chi connectivity index (χ4v) is 13.4. The van der Waals surface area contributed by atoms with Crippen molar-refractivity contribution >= 4 is 31.2 Å². The molecule has 12 nitrogen and oxygen atoms in total. The fourth-order valence-electron chi connectivity index (χ4n) is 12.8. The van der Waals surface area contributed by atoms with E-state index in [0.717, 1.165) is 102 Å². The number of phosphoric acid groups is 1. The highest BCUT2D eigenvalue weighted by molar-refractivity contribution is 7.46. The molecule has 8 rings (SSSR count). The topological polar surface area (TPSA) is 143 Å². The molecule has 0 spiro atoms. The number of phosphoric ester groups is 1. The molecule has 3 saturated heterocycles. The fraction of sp³-hybridized carbons (Fsp3) is 0.868. The molecule has 0 unspecified atom stereocenters. The number of carbonyl (C=O) groups excluding carboxylic acids is 1. The van der Waals surface area contributed by atoms with E-state index in [1.807, 2.05) is 0 Å². The third kappa shape index (κ3) is 6.77. The van der Waals surface area contributed by atoms with E-state index in [1.54, 1.807) is 0 Å². The van der Waals surface area contributed by atoms with E-state index in [1.165, 1.54) is 25.7 Å². The zero-order chi connectivity index (χ0) is 35.8. The Morgan fingerprint density at radius 1 is 0.843 bits per heavy atom. The van der Waals surface area contributed by atoms with Gasteiger partial charge in [-0.1, -0.05) is 20.8 Å². The Kier molecular flexibility index (Phi) is 9.56. The molecule has 4 aliphatic carbocycles. The molecule has 1 aromatic rings. The molecule has 13 heteroatoms. The van der Waals surface area contributed by atoms with Gasteiger partial charge in [-0.25, -0.2) is 4.57 Å². The predicted molar refractivity (Wildman–Crippen MR) is 196 cm³/mol. The third-order valence-corrected chi connectivity index (χ3v) is 15.8. The summed E-state index contributed by atoms with van der Waals surface area (Å²) < 4.78 is 16.6. The van der Waals surface area contributed by atoms with Gasteiger partial charge >= 0.3 is 7.82 Å². The number of hydrogen-bond donors (Lipinski definition) is 3. The molecule has 4 saturated carbocycles. The summed E-state index contributed by atoms with van der Waals surface area (Å²) in [6, 6.07) is 2.20. The number of rotatable bonds is 8. The van der Waals surface area contributed by atoms with Gasteiger partial charge < -0.3 is 29.6 Å². The van der Waals surface area contributed by atoms with Gasteiger partial charge in [0.1, 0.15) is 11.6 Å². The van der Waals surface area contributed by atoms with E-state index < -0.39 is 13.6 Å². The van der Waals surface area contributed by atoms with Crippen molar-refractivity contribution in [1.29, 1.82) is 0 Å². The lowest BCUT2D eigenvalue weighted by Crippen LogP contribution is -2.56. The van der Waals surface area contributed by atoms with Crippen LogP contribution in [0.3, 0.4) is 0 Å². The van der Waals surface area contributed by atoms with E-state index in [9.17, 15) is 24.3 Å². The molecule has 1 aromatic heterocycles. The maximum absolute atomic E-state index is 14.4. The van der Waals surface area contributed by atoms with Crippen LogP contribution >= 0.6 is 7.82 Å². The van der Waals surface area contributed by atoms with Gasteiger partial charge in [0, 0.05) is 77.2 Å².